The number of carbonyl (C=O) groups excluding carboxylic acids is 1. The van der Waals surface area contributed by atoms with Gasteiger partial charge in [0.15, 0.2) is 5.82 Å². The fourth-order valence-electron chi connectivity index (χ4n) is 2.83. The lowest BCUT2D eigenvalue weighted by atomic mass is 10.1. The zero-order valence-corrected chi connectivity index (χ0v) is 15.1. The predicted molar refractivity (Wildman–Crippen MR) is 106 cm³/mol. The topological polar surface area (TPSA) is 70.7 Å². The molecule has 0 spiro atoms. The number of nitrogens with one attached hydrogen (secondary N) is 2. The molecule has 3 aromatic heterocycles. The van der Waals surface area contributed by atoms with Gasteiger partial charge in [0.25, 0.3) is 0 Å². The van der Waals surface area contributed by atoms with Gasteiger partial charge in [-0.3, -0.25) is 14.9 Å². The Morgan fingerprint density at radius 2 is 1.92 bits per heavy atom. The number of anilines is 1. The van der Waals surface area contributed by atoms with Crippen molar-refractivity contribution < 1.29 is 4.79 Å². The van der Waals surface area contributed by atoms with Gasteiger partial charge in [-0.05, 0) is 24.1 Å². The van der Waals surface area contributed by atoms with Crippen molar-refractivity contribution in [3.05, 3.63) is 54.9 Å². The van der Waals surface area contributed by atoms with E-state index in [1.165, 1.54) is 0 Å². The maximum Gasteiger partial charge on any atom is 0.225 e. The third-order valence-corrected chi connectivity index (χ3v) is 5.29. The molecule has 0 radical (unpaired) electrons. The lowest BCUT2D eigenvalue weighted by Gasteiger charge is -2.03. The number of aromatic amines is 1. The number of nitrogens with zero attached hydrogens (tertiary/aromatic N) is 2. The second-order valence-electron chi connectivity index (χ2n) is 6.05. The summed E-state index contributed by atoms with van der Waals surface area (Å²) in [7, 11) is 0. The van der Waals surface area contributed by atoms with Crippen LogP contribution < -0.4 is 5.32 Å². The van der Waals surface area contributed by atoms with Crippen LogP contribution in [0.1, 0.15) is 19.8 Å². The number of aromatic nitrogens is 3. The number of amides is 1. The molecule has 0 aliphatic carbocycles. The van der Waals surface area contributed by atoms with Crippen molar-refractivity contribution in [2.75, 3.05) is 5.32 Å². The summed E-state index contributed by atoms with van der Waals surface area (Å²) in [6, 6.07) is 14.4. The van der Waals surface area contributed by atoms with Crippen molar-refractivity contribution in [2.45, 2.75) is 19.8 Å². The van der Waals surface area contributed by atoms with Gasteiger partial charge < -0.3 is 5.32 Å². The first-order valence-electron chi connectivity index (χ1n) is 8.53. The minimum absolute atomic E-state index is 0.0106. The standard InChI is InChI=1S/C20H18N4OS/c1-2-6-18(25)22-20-19-16(23-24-20)10-17(26-19)15-9-14(11-21-12-15)13-7-4-3-5-8-13/h3-5,7-12H,2,6H2,1H3,(H2,22,23,24,25). The zero-order chi connectivity index (χ0) is 17.9. The van der Waals surface area contributed by atoms with E-state index < -0.39 is 0 Å². The molecule has 0 unspecified atom stereocenters. The van der Waals surface area contributed by atoms with Crippen LogP contribution in [0.5, 0.6) is 0 Å². The molecule has 0 aliphatic heterocycles. The zero-order valence-electron chi connectivity index (χ0n) is 14.3. The van der Waals surface area contributed by atoms with Gasteiger partial charge in [-0.25, -0.2) is 0 Å². The van der Waals surface area contributed by atoms with Crippen molar-refractivity contribution in [3.8, 4) is 21.6 Å². The smallest absolute Gasteiger partial charge is 0.225 e. The highest BCUT2D eigenvalue weighted by atomic mass is 32.1. The molecule has 130 valence electrons. The Morgan fingerprint density at radius 1 is 1.12 bits per heavy atom. The number of pyridine rings is 1. The summed E-state index contributed by atoms with van der Waals surface area (Å²) in [5, 5.41) is 10.1. The molecule has 2 N–H and O–H groups in total. The van der Waals surface area contributed by atoms with Gasteiger partial charge in [-0.15, -0.1) is 11.3 Å². The van der Waals surface area contributed by atoms with Gasteiger partial charge in [0.05, 0.1) is 10.2 Å². The first-order chi connectivity index (χ1) is 12.7. The molecule has 3 heterocycles. The summed E-state index contributed by atoms with van der Waals surface area (Å²) in [6.07, 6.45) is 5.04. The molecule has 5 nitrogen and oxygen atoms in total. The Kier molecular flexibility index (Phi) is 4.50. The van der Waals surface area contributed by atoms with Crippen molar-refractivity contribution >= 4 is 33.3 Å². The normalized spacial score (nSPS) is 11.0. The molecule has 4 rings (SSSR count). The third kappa shape index (κ3) is 3.23. The Morgan fingerprint density at radius 3 is 2.73 bits per heavy atom. The van der Waals surface area contributed by atoms with Crippen LogP contribution in [0.15, 0.2) is 54.9 Å². The van der Waals surface area contributed by atoms with Crippen molar-refractivity contribution in [2.24, 2.45) is 0 Å². The average Bonchev–Trinajstić information content (AvgIpc) is 3.25. The summed E-state index contributed by atoms with van der Waals surface area (Å²) < 4.78 is 0.953. The van der Waals surface area contributed by atoms with Crippen LogP contribution in [-0.2, 0) is 4.79 Å². The Labute approximate surface area is 155 Å². The maximum absolute atomic E-state index is 11.9. The monoisotopic (exact) mass is 362 g/mol. The summed E-state index contributed by atoms with van der Waals surface area (Å²) in [5.74, 6) is 0.588. The molecule has 1 aromatic carbocycles. The predicted octanol–water partition coefficient (Wildman–Crippen LogP) is 5.09. The van der Waals surface area contributed by atoms with Gasteiger partial charge in [-0.1, -0.05) is 37.3 Å². The summed E-state index contributed by atoms with van der Waals surface area (Å²) in [4.78, 5) is 17.3. The molecule has 6 heteroatoms. The van der Waals surface area contributed by atoms with E-state index in [2.05, 4.69) is 38.7 Å². The second-order valence-corrected chi connectivity index (χ2v) is 7.10. The number of hydrogen-bond acceptors (Lipinski definition) is 4. The van der Waals surface area contributed by atoms with Crippen LogP contribution in [0.2, 0.25) is 0 Å². The van der Waals surface area contributed by atoms with Crippen LogP contribution in [0.3, 0.4) is 0 Å². The van der Waals surface area contributed by atoms with E-state index in [1.807, 2.05) is 43.6 Å². The van der Waals surface area contributed by atoms with E-state index in [9.17, 15) is 4.79 Å². The molecular formula is C20H18N4OS. The minimum Gasteiger partial charge on any atom is -0.308 e. The number of fused-ring (bicyclic) bond motifs is 1. The number of benzene rings is 1. The lowest BCUT2D eigenvalue weighted by Crippen LogP contribution is -2.10. The van der Waals surface area contributed by atoms with E-state index in [4.69, 9.17) is 0 Å². The van der Waals surface area contributed by atoms with Gasteiger partial charge in [0, 0.05) is 34.8 Å². The Balaban J connectivity index is 1.67. The van der Waals surface area contributed by atoms with Crippen molar-refractivity contribution in [1.82, 2.24) is 15.2 Å². The molecule has 0 saturated heterocycles. The summed E-state index contributed by atoms with van der Waals surface area (Å²) in [5.41, 5.74) is 4.18. The Bertz CT molecular complexity index is 1050. The van der Waals surface area contributed by atoms with Crippen LogP contribution in [0.4, 0.5) is 5.82 Å². The molecule has 26 heavy (non-hydrogen) atoms. The van der Waals surface area contributed by atoms with E-state index in [1.54, 1.807) is 11.3 Å². The molecular weight excluding hydrogens is 344 g/mol. The van der Waals surface area contributed by atoms with Gasteiger partial charge in [-0.2, -0.15) is 5.10 Å². The highest BCUT2D eigenvalue weighted by molar-refractivity contribution is 7.22. The fraction of sp³-hybridized carbons (Fsp3) is 0.150. The molecule has 0 bridgehead atoms. The second kappa shape index (κ2) is 7.09. The van der Waals surface area contributed by atoms with E-state index in [0.717, 1.165) is 38.2 Å². The largest absolute Gasteiger partial charge is 0.308 e. The molecule has 0 saturated carbocycles. The summed E-state index contributed by atoms with van der Waals surface area (Å²) in [6.45, 7) is 1.98. The molecule has 0 aliphatic rings. The summed E-state index contributed by atoms with van der Waals surface area (Å²) >= 11 is 1.60. The molecule has 0 fully saturated rings. The number of thiophene rings is 1. The molecule has 1 amide bonds. The number of hydrogen-bond donors (Lipinski definition) is 2. The molecule has 0 atom stereocenters. The SMILES string of the molecule is CCCC(=O)Nc1n[nH]c2cc(-c3cncc(-c4ccccc4)c3)sc12. The maximum atomic E-state index is 11.9. The highest BCUT2D eigenvalue weighted by Gasteiger charge is 2.14. The molecule has 4 aromatic rings. The number of H-pyrrole nitrogens is 1. The first-order valence-corrected chi connectivity index (χ1v) is 9.35. The number of rotatable bonds is 5. The van der Waals surface area contributed by atoms with Gasteiger partial charge in [0.1, 0.15) is 0 Å². The first kappa shape index (κ1) is 16.5. The van der Waals surface area contributed by atoms with Crippen LogP contribution in [0, 0.1) is 0 Å². The van der Waals surface area contributed by atoms with Crippen molar-refractivity contribution in [3.63, 3.8) is 0 Å². The van der Waals surface area contributed by atoms with Crippen LogP contribution >= 0.6 is 11.3 Å². The minimum atomic E-state index is -0.0106. The third-order valence-electron chi connectivity index (χ3n) is 4.10. The van der Waals surface area contributed by atoms with Crippen molar-refractivity contribution in [1.29, 1.82) is 0 Å². The lowest BCUT2D eigenvalue weighted by molar-refractivity contribution is -0.116. The van der Waals surface area contributed by atoms with Crippen LogP contribution in [0.25, 0.3) is 31.8 Å². The number of carbonyl (C=O) groups is 1. The fourth-order valence-corrected chi connectivity index (χ4v) is 3.86. The highest BCUT2D eigenvalue weighted by Crippen LogP contribution is 2.37. The van der Waals surface area contributed by atoms with E-state index >= 15 is 0 Å². The van der Waals surface area contributed by atoms with Gasteiger partial charge in [0.2, 0.25) is 5.91 Å². The quantitative estimate of drug-likeness (QED) is 0.519. The van der Waals surface area contributed by atoms with Crippen LogP contribution in [-0.4, -0.2) is 21.1 Å². The van der Waals surface area contributed by atoms with E-state index in [-0.39, 0.29) is 5.91 Å². The average molecular weight is 362 g/mol. The Hall–Kier alpha value is -2.99. The van der Waals surface area contributed by atoms with E-state index in [0.29, 0.717) is 12.2 Å². The van der Waals surface area contributed by atoms with Gasteiger partial charge >= 0.3 is 0 Å².